The van der Waals surface area contributed by atoms with Gasteiger partial charge in [-0.15, -0.1) is 16.8 Å². The van der Waals surface area contributed by atoms with Crippen LogP contribution in [0.2, 0.25) is 0 Å². The Morgan fingerprint density at radius 3 is 2.57 bits per heavy atom. The van der Waals surface area contributed by atoms with E-state index in [0.717, 1.165) is 11.0 Å². The highest BCUT2D eigenvalue weighted by atomic mass is 32.2. The standard InChI is InChI=1S/C19H26N4O3S2/c1-2-12-23-18(15-6-4-3-5-7-15)21-22-19(23)27-14-13-26-16-8-10-17(11-9-16)28(20,24)25/h2,8-11,15H,1,3-7,12-14H2,(H2,20,24,25). The molecule has 9 heteroatoms. The maximum absolute atomic E-state index is 11.3. The molecule has 2 aromatic rings. The van der Waals surface area contributed by atoms with Crippen molar-refractivity contribution in [3.8, 4) is 5.75 Å². The van der Waals surface area contributed by atoms with Gasteiger partial charge in [-0.2, -0.15) is 0 Å². The summed E-state index contributed by atoms with van der Waals surface area (Å²) >= 11 is 1.60. The average molecular weight is 423 g/mol. The summed E-state index contributed by atoms with van der Waals surface area (Å²) in [6, 6.07) is 6.08. The van der Waals surface area contributed by atoms with E-state index in [4.69, 9.17) is 9.88 Å². The highest BCUT2D eigenvalue weighted by molar-refractivity contribution is 7.99. The lowest BCUT2D eigenvalue weighted by molar-refractivity contribution is 0.343. The predicted molar refractivity (Wildman–Crippen MR) is 110 cm³/mol. The van der Waals surface area contributed by atoms with E-state index in [9.17, 15) is 8.42 Å². The minimum absolute atomic E-state index is 0.0713. The van der Waals surface area contributed by atoms with Crippen molar-refractivity contribution in [2.45, 2.75) is 54.6 Å². The van der Waals surface area contributed by atoms with E-state index in [1.165, 1.54) is 44.2 Å². The van der Waals surface area contributed by atoms with E-state index in [-0.39, 0.29) is 4.90 Å². The lowest BCUT2D eigenvalue weighted by Crippen LogP contribution is -2.13. The first-order valence-electron chi connectivity index (χ1n) is 9.41. The van der Waals surface area contributed by atoms with Crippen molar-refractivity contribution in [2.24, 2.45) is 5.14 Å². The van der Waals surface area contributed by atoms with Crippen LogP contribution in [-0.2, 0) is 16.6 Å². The van der Waals surface area contributed by atoms with Crippen molar-refractivity contribution in [2.75, 3.05) is 12.4 Å². The first kappa shape index (κ1) is 20.9. The number of nitrogens with two attached hydrogens (primary N) is 1. The molecule has 1 aromatic carbocycles. The van der Waals surface area contributed by atoms with E-state index in [1.807, 2.05) is 6.08 Å². The third kappa shape index (κ3) is 5.36. The van der Waals surface area contributed by atoms with Gasteiger partial charge in [0.25, 0.3) is 0 Å². The normalized spacial score (nSPS) is 15.5. The van der Waals surface area contributed by atoms with Gasteiger partial charge in [0.2, 0.25) is 10.0 Å². The molecule has 1 heterocycles. The third-order valence-corrected chi connectivity index (χ3v) is 6.62. The van der Waals surface area contributed by atoms with Gasteiger partial charge in [-0.1, -0.05) is 37.1 Å². The van der Waals surface area contributed by atoms with Crippen molar-refractivity contribution >= 4 is 21.8 Å². The van der Waals surface area contributed by atoms with E-state index < -0.39 is 10.0 Å². The average Bonchev–Trinajstić information content (AvgIpc) is 3.08. The Morgan fingerprint density at radius 1 is 1.21 bits per heavy atom. The number of primary sulfonamides is 1. The number of ether oxygens (including phenoxy) is 1. The monoisotopic (exact) mass is 422 g/mol. The number of benzene rings is 1. The number of hydrogen-bond acceptors (Lipinski definition) is 6. The molecule has 1 aromatic heterocycles. The zero-order valence-corrected chi connectivity index (χ0v) is 17.4. The lowest BCUT2D eigenvalue weighted by atomic mass is 9.89. The van der Waals surface area contributed by atoms with E-state index >= 15 is 0 Å². The van der Waals surface area contributed by atoms with Crippen molar-refractivity contribution in [3.63, 3.8) is 0 Å². The molecule has 1 fully saturated rings. The van der Waals surface area contributed by atoms with Gasteiger partial charge in [0.1, 0.15) is 11.6 Å². The fraction of sp³-hybridized carbons (Fsp3) is 0.474. The van der Waals surface area contributed by atoms with Gasteiger partial charge >= 0.3 is 0 Å². The van der Waals surface area contributed by atoms with Gasteiger partial charge in [-0.25, -0.2) is 13.6 Å². The fourth-order valence-electron chi connectivity index (χ4n) is 3.39. The molecule has 1 aliphatic carbocycles. The molecule has 0 aliphatic heterocycles. The Morgan fingerprint density at radius 2 is 1.93 bits per heavy atom. The van der Waals surface area contributed by atoms with Crippen LogP contribution in [0.1, 0.15) is 43.8 Å². The zero-order chi connectivity index (χ0) is 20.0. The summed E-state index contributed by atoms with van der Waals surface area (Å²) in [4.78, 5) is 0.0713. The van der Waals surface area contributed by atoms with Gasteiger partial charge in [0.15, 0.2) is 5.16 Å². The molecule has 0 radical (unpaired) electrons. The molecule has 2 N–H and O–H groups in total. The quantitative estimate of drug-likeness (QED) is 0.378. The molecule has 152 valence electrons. The molecular formula is C19H26N4O3S2. The number of aromatic nitrogens is 3. The van der Waals surface area contributed by atoms with Crippen LogP contribution in [0, 0.1) is 0 Å². The second-order valence-corrected chi connectivity index (χ2v) is 9.41. The topological polar surface area (TPSA) is 100 Å². The largest absolute Gasteiger partial charge is 0.493 e. The Balaban J connectivity index is 1.55. The highest BCUT2D eigenvalue weighted by Gasteiger charge is 2.22. The molecule has 0 saturated heterocycles. The number of rotatable bonds is 9. The Bertz CT molecular complexity index is 888. The second kappa shape index (κ2) is 9.58. The van der Waals surface area contributed by atoms with Crippen molar-refractivity contribution in [1.29, 1.82) is 0 Å². The predicted octanol–water partition coefficient (Wildman–Crippen LogP) is 3.33. The minimum atomic E-state index is -3.68. The number of allylic oxidation sites excluding steroid dienone is 1. The summed E-state index contributed by atoms with van der Waals surface area (Å²) in [6.07, 6.45) is 8.06. The van der Waals surface area contributed by atoms with Crippen LogP contribution >= 0.6 is 11.8 Å². The maximum Gasteiger partial charge on any atom is 0.238 e. The van der Waals surface area contributed by atoms with Gasteiger partial charge in [0.05, 0.1) is 11.5 Å². The van der Waals surface area contributed by atoms with E-state index in [2.05, 4.69) is 21.3 Å². The maximum atomic E-state index is 11.3. The zero-order valence-electron chi connectivity index (χ0n) is 15.8. The SMILES string of the molecule is C=CCn1c(SCCOc2ccc(S(N)(=O)=O)cc2)nnc1C1CCCCC1. The van der Waals surface area contributed by atoms with Gasteiger partial charge in [0, 0.05) is 18.2 Å². The molecule has 1 saturated carbocycles. The first-order chi connectivity index (χ1) is 13.5. The Labute approximate surface area is 170 Å². The molecule has 1 aliphatic rings. The molecule has 3 rings (SSSR count). The summed E-state index contributed by atoms with van der Waals surface area (Å²) in [5.41, 5.74) is 0. The second-order valence-electron chi connectivity index (χ2n) is 6.79. The molecule has 0 bridgehead atoms. The molecule has 28 heavy (non-hydrogen) atoms. The number of thioether (sulfide) groups is 1. The van der Waals surface area contributed by atoms with Crippen molar-refractivity contribution in [3.05, 3.63) is 42.7 Å². The van der Waals surface area contributed by atoms with E-state index in [0.29, 0.717) is 30.6 Å². The van der Waals surface area contributed by atoms with Crippen LogP contribution in [0.4, 0.5) is 0 Å². The molecule has 0 atom stereocenters. The fourth-order valence-corrected chi connectivity index (χ4v) is 4.68. The molecular weight excluding hydrogens is 396 g/mol. The van der Waals surface area contributed by atoms with Crippen LogP contribution < -0.4 is 9.88 Å². The number of hydrogen-bond donors (Lipinski definition) is 1. The third-order valence-electron chi connectivity index (χ3n) is 4.76. The van der Waals surface area contributed by atoms with Crippen LogP contribution in [0.15, 0.2) is 47.0 Å². The smallest absolute Gasteiger partial charge is 0.238 e. The Kier molecular flexibility index (Phi) is 7.14. The Hall–Kier alpha value is -1.84. The minimum Gasteiger partial charge on any atom is -0.493 e. The van der Waals surface area contributed by atoms with Crippen molar-refractivity contribution in [1.82, 2.24) is 14.8 Å². The summed E-state index contributed by atoms with van der Waals surface area (Å²) in [6.45, 7) is 5.04. The van der Waals surface area contributed by atoms with Gasteiger partial charge < -0.3 is 9.30 Å². The van der Waals surface area contributed by atoms with Crippen LogP contribution in [-0.4, -0.2) is 35.5 Å². The molecule has 0 amide bonds. The number of sulfonamides is 1. The van der Waals surface area contributed by atoms with Crippen LogP contribution in [0.5, 0.6) is 5.75 Å². The van der Waals surface area contributed by atoms with Crippen LogP contribution in [0.25, 0.3) is 0 Å². The van der Waals surface area contributed by atoms with Crippen molar-refractivity contribution < 1.29 is 13.2 Å². The molecule has 0 unspecified atom stereocenters. The van der Waals surface area contributed by atoms with E-state index in [1.54, 1.807) is 23.9 Å². The lowest BCUT2D eigenvalue weighted by Gasteiger charge is -2.21. The summed E-state index contributed by atoms with van der Waals surface area (Å²) in [7, 11) is -3.68. The molecule has 0 spiro atoms. The number of nitrogens with zero attached hydrogens (tertiary/aromatic N) is 3. The van der Waals surface area contributed by atoms with Gasteiger partial charge in [-0.3, -0.25) is 0 Å². The first-order valence-corrected chi connectivity index (χ1v) is 11.9. The molecule has 7 nitrogen and oxygen atoms in total. The van der Waals surface area contributed by atoms with Gasteiger partial charge in [-0.05, 0) is 37.1 Å². The summed E-state index contributed by atoms with van der Waals surface area (Å²) in [5, 5.41) is 14.8. The summed E-state index contributed by atoms with van der Waals surface area (Å²) in [5.74, 6) is 2.87. The van der Waals surface area contributed by atoms with Crippen LogP contribution in [0.3, 0.4) is 0 Å². The highest BCUT2D eigenvalue weighted by Crippen LogP contribution is 2.33. The summed E-state index contributed by atoms with van der Waals surface area (Å²) < 4.78 is 30.4.